The van der Waals surface area contributed by atoms with Crippen LogP contribution in [0.2, 0.25) is 0 Å². The van der Waals surface area contributed by atoms with E-state index in [1.165, 1.54) is 9.81 Å². The summed E-state index contributed by atoms with van der Waals surface area (Å²) in [7, 11) is 0. The third kappa shape index (κ3) is 4.90. The summed E-state index contributed by atoms with van der Waals surface area (Å²) in [5, 5.41) is 0. The highest BCUT2D eigenvalue weighted by atomic mass is 32.2. The SMILES string of the molecule is C=C(C)S/C(=C\C)CC(C)(C)C(C)C. The van der Waals surface area contributed by atoms with Gasteiger partial charge in [-0.3, -0.25) is 0 Å². The third-order valence-corrected chi connectivity index (χ3v) is 3.81. The molecule has 14 heavy (non-hydrogen) atoms. The van der Waals surface area contributed by atoms with Gasteiger partial charge in [-0.25, -0.2) is 0 Å². The van der Waals surface area contributed by atoms with Crippen LogP contribution in [0.1, 0.15) is 48.0 Å². The molecule has 0 atom stereocenters. The van der Waals surface area contributed by atoms with Gasteiger partial charge in [0.15, 0.2) is 0 Å². The van der Waals surface area contributed by atoms with Crippen LogP contribution in [0.4, 0.5) is 0 Å². The Bertz CT molecular complexity index is 221. The van der Waals surface area contributed by atoms with Gasteiger partial charge in [-0.15, -0.1) is 11.8 Å². The fraction of sp³-hybridized carbons (Fsp3) is 0.692. The van der Waals surface area contributed by atoms with Gasteiger partial charge in [0.25, 0.3) is 0 Å². The molecule has 0 fully saturated rings. The molecule has 0 aliphatic carbocycles. The first-order chi connectivity index (χ1) is 6.29. The van der Waals surface area contributed by atoms with E-state index in [0.29, 0.717) is 11.3 Å². The first-order valence-corrected chi connectivity index (χ1v) is 6.09. The van der Waals surface area contributed by atoms with Gasteiger partial charge in [0, 0.05) is 0 Å². The van der Waals surface area contributed by atoms with Crippen molar-refractivity contribution in [2.45, 2.75) is 48.0 Å². The molecule has 1 heteroatoms. The molecule has 0 amide bonds. The van der Waals surface area contributed by atoms with Gasteiger partial charge in [0.1, 0.15) is 0 Å². The zero-order chi connectivity index (χ0) is 11.4. The molecule has 0 aliphatic heterocycles. The predicted molar refractivity (Wildman–Crippen MR) is 69.4 cm³/mol. The summed E-state index contributed by atoms with van der Waals surface area (Å²) in [6, 6.07) is 0. The first-order valence-electron chi connectivity index (χ1n) is 5.28. The van der Waals surface area contributed by atoms with Crippen molar-refractivity contribution in [3.8, 4) is 0 Å². The molecule has 0 radical (unpaired) electrons. The highest BCUT2D eigenvalue weighted by Gasteiger charge is 2.23. The number of thioether (sulfide) groups is 1. The summed E-state index contributed by atoms with van der Waals surface area (Å²) in [5.74, 6) is 0.711. The minimum Gasteiger partial charge on any atom is -0.100 e. The van der Waals surface area contributed by atoms with Crippen molar-refractivity contribution in [3.05, 3.63) is 22.5 Å². The second-order valence-electron chi connectivity index (χ2n) is 4.88. The lowest BCUT2D eigenvalue weighted by molar-refractivity contribution is 0.251. The molecule has 0 aromatic heterocycles. The molecule has 0 unspecified atom stereocenters. The number of hydrogen-bond donors (Lipinski definition) is 0. The Kier molecular flexibility index (Phi) is 5.58. The first kappa shape index (κ1) is 13.8. The van der Waals surface area contributed by atoms with Crippen LogP contribution in [0.5, 0.6) is 0 Å². The Balaban J connectivity index is 4.40. The molecular formula is C13H24S. The van der Waals surface area contributed by atoms with Crippen LogP contribution in [0, 0.1) is 11.3 Å². The van der Waals surface area contributed by atoms with Crippen LogP contribution in [-0.4, -0.2) is 0 Å². The van der Waals surface area contributed by atoms with Crippen molar-refractivity contribution in [3.63, 3.8) is 0 Å². The van der Waals surface area contributed by atoms with E-state index < -0.39 is 0 Å². The van der Waals surface area contributed by atoms with E-state index in [1.807, 2.05) is 11.8 Å². The largest absolute Gasteiger partial charge is 0.100 e. The van der Waals surface area contributed by atoms with E-state index in [0.717, 1.165) is 6.42 Å². The molecular weight excluding hydrogens is 188 g/mol. The van der Waals surface area contributed by atoms with Crippen molar-refractivity contribution in [1.29, 1.82) is 0 Å². The van der Waals surface area contributed by atoms with Crippen LogP contribution in [0.15, 0.2) is 22.5 Å². The average molecular weight is 212 g/mol. The van der Waals surface area contributed by atoms with Gasteiger partial charge in [0.05, 0.1) is 0 Å². The molecule has 0 nitrogen and oxygen atoms in total. The van der Waals surface area contributed by atoms with Gasteiger partial charge < -0.3 is 0 Å². The molecule has 0 rings (SSSR count). The Labute approximate surface area is 93.9 Å². The summed E-state index contributed by atoms with van der Waals surface area (Å²) < 4.78 is 0. The lowest BCUT2D eigenvalue weighted by atomic mass is 9.78. The normalized spacial score (nSPS) is 13.5. The van der Waals surface area contributed by atoms with Crippen LogP contribution in [-0.2, 0) is 0 Å². The van der Waals surface area contributed by atoms with Crippen molar-refractivity contribution >= 4 is 11.8 Å². The summed E-state index contributed by atoms with van der Waals surface area (Å²) in [4.78, 5) is 2.62. The molecule has 0 saturated heterocycles. The Morgan fingerprint density at radius 1 is 1.43 bits per heavy atom. The third-order valence-electron chi connectivity index (χ3n) is 2.82. The maximum absolute atomic E-state index is 3.94. The van der Waals surface area contributed by atoms with E-state index in [9.17, 15) is 0 Å². The monoisotopic (exact) mass is 212 g/mol. The average Bonchev–Trinajstić information content (AvgIpc) is 2.01. The van der Waals surface area contributed by atoms with Crippen LogP contribution in [0.25, 0.3) is 0 Å². The summed E-state index contributed by atoms with van der Waals surface area (Å²) in [6.45, 7) is 17.4. The van der Waals surface area contributed by atoms with Crippen molar-refractivity contribution in [2.24, 2.45) is 11.3 Å². The quantitative estimate of drug-likeness (QED) is 0.601. The second kappa shape index (κ2) is 5.65. The Morgan fingerprint density at radius 2 is 1.93 bits per heavy atom. The molecule has 82 valence electrons. The molecule has 0 aliphatic rings. The standard InChI is InChI=1S/C13H24S/c1-8-12(14-11(4)5)9-13(6,7)10(2)3/h8,10H,4,9H2,1-3,5-7H3/b12-8-. The van der Waals surface area contributed by atoms with Gasteiger partial charge in [0.2, 0.25) is 0 Å². The number of allylic oxidation sites excluding steroid dienone is 3. The van der Waals surface area contributed by atoms with E-state index in [-0.39, 0.29) is 0 Å². The van der Waals surface area contributed by atoms with Crippen LogP contribution < -0.4 is 0 Å². The topological polar surface area (TPSA) is 0 Å². The van der Waals surface area contributed by atoms with Crippen LogP contribution in [0.3, 0.4) is 0 Å². The minimum absolute atomic E-state index is 0.379. The zero-order valence-corrected chi connectivity index (χ0v) is 11.3. The van der Waals surface area contributed by atoms with E-state index in [2.05, 4.69) is 54.2 Å². The van der Waals surface area contributed by atoms with Crippen molar-refractivity contribution in [2.75, 3.05) is 0 Å². The van der Waals surface area contributed by atoms with E-state index in [4.69, 9.17) is 0 Å². The number of hydrogen-bond acceptors (Lipinski definition) is 1. The van der Waals surface area contributed by atoms with Gasteiger partial charge in [-0.2, -0.15) is 0 Å². The fourth-order valence-corrected chi connectivity index (χ4v) is 2.08. The maximum Gasteiger partial charge on any atom is -0.0143 e. The van der Waals surface area contributed by atoms with Crippen molar-refractivity contribution in [1.82, 2.24) is 0 Å². The van der Waals surface area contributed by atoms with E-state index >= 15 is 0 Å². The van der Waals surface area contributed by atoms with E-state index in [1.54, 1.807) is 0 Å². The van der Waals surface area contributed by atoms with Gasteiger partial charge in [-0.1, -0.05) is 40.3 Å². The zero-order valence-electron chi connectivity index (χ0n) is 10.5. The summed E-state index contributed by atoms with van der Waals surface area (Å²) >= 11 is 1.81. The van der Waals surface area contributed by atoms with Crippen LogP contribution >= 0.6 is 11.8 Å². The van der Waals surface area contributed by atoms with Gasteiger partial charge >= 0.3 is 0 Å². The van der Waals surface area contributed by atoms with Crippen molar-refractivity contribution < 1.29 is 0 Å². The summed E-state index contributed by atoms with van der Waals surface area (Å²) in [5.41, 5.74) is 0.379. The maximum atomic E-state index is 3.94. The highest BCUT2D eigenvalue weighted by Crippen LogP contribution is 2.38. The second-order valence-corrected chi connectivity index (χ2v) is 6.30. The molecule has 0 bridgehead atoms. The minimum atomic E-state index is 0.379. The molecule has 0 aromatic carbocycles. The molecule has 0 N–H and O–H groups in total. The number of rotatable bonds is 5. The smallest absolute Gasteiger partial charge is 0.0143 e. The fourth-order valence-electron chi connectivity index (χ4n) is 1.07. The Hall–Kier alpha value is -0.170. The lowest BCUT2D eigenvalue weighted by Crippen LogP contribution is -2.19. The predicted octanol–water partition coefficient (Wildman–Crippen LogP) is 5.23. The molecule has 0 heterocycles. The lowest BCUT2D eigenvalue weighted by Gasteiger charge is -2.30. The Morgan fingerprint density at radius 3 is 2.21 bits per heavy atom. The van der Waals surface area contributed by atoms with Gasteiger partial charge in [-0.05, 0) is 41.4 Å². The highest BCUT2D eigenvalue weighted by molar-refractivity contribution is 8.06. The molecule has 0 spiro atoms. The summed E-state index contributed by atoms with van der Waals surface area (Å²) in [6.07, 6.45) is 3.36. The molecule has 0 saturated carbocycles. The molecule has 0 aromatic rings.